The quantitative estimate of drug-likeness (QED) is 0.154. The number of amidine groups is 1. The predicted molar refractivity (Wildman–Crippen MR) is 146 cm³/mol. The monoisotopic (exact) mass is 504 g/mol. The van der Waals surface area contributed by atoms with E-state index < -0.39 is 0 Å². The smallest absolute Gasteiger partial charge is 0.123 e. The molecule has 7 nitrogen and oxygen atoms in total. The van der Waals surface area contributed by atoms with Gasteiger partial charge in [0.15, 0.2) is 0 Å². The Morgan fingerprint density at radius 1 is 0.816 bits per heavy atom. The number of benzene rings is 4. The van der Waals surface area contributed by atoms with Crippen molar-refractivity contribution in [2.45, 2.75) is 18.9 Å². The van der Waals surface area contributed by atoms with E-state index in [9.17, 15) is 4.39 Å². The minimum absolute atomic E-state index is 0.00864. The number of hydrogen-bond acceptors (Lipinski definition) is 4. The Hall–Kier alpha value is -4.98. The molecule has 38 heavy (non-hydrogen) atoms. The van der Waals surface area contributed by atoms with E-state index in [0.717, 1.165) is 50.6 Å². The summed E-state index contributed by atoms with van der Waals surface area (Å²) in [5.74, 6) is 1.84. The summed E-state index contributed by atoms with van der Waals surface area (Å²) >= 11 is 0. The van der Waals surface area contributed by atoms with Crippen molar-refractivity contribution >= 4 is 27.9 Å². The van der Waals surface area contributed by atoms with Crippen LogP contribution in [0.15, 0.2) is 91.0 Å². The van der Waals surface area contributed by atoms with E-state index in [1.165, 1.54) is 12.1 Å². The Morgan fingerprint density at radius 3 is 2.32 bits per heavy atom. The number of ether oxygens (including phenoxy) is 1. The van der Waals surface area contributed by atoms with Crippen LogP contribution >= 0.6 is 0 Å². The highest BCUT2D eigenvalue weighted by atomic mass is 19.1. The number of H-pyrrole nitrogens is 2. The van der Waals surface area contributed by atoms with Crippen molar-refractivity contribution in [1.29, 1.82) is 5.41 Å². The van der Waals surface area contributed by atoms with Crippen LogP contribution in [0.4, 0.5) is 4.39 Å². The molecule has 0 amide bonds. The van der Waals surface area contributed by atoms with Crippen molar-refractivity contribution in [3.63, 3.8) is 0 Å². The van der Waals surface area contributed by atoms with E-state index in [0.29, 0.717) is 18.6 Å². The van der Waals surface area contributed by atoms with Gasteiger partial charge < -0.3 is 20.4 Å². The van der Waals surface area contributed by atoms with E-state index >= 15 is 0 Å². The topological polar surface area (TPSA) is 116 Å². The molecule has 5 N–H and O–H groups in total. The van der Waals surface area contributed by atoms with Crippen LogP contribution in [0.5, 0.6) is 5.75 Å². The van der Waals surface area contributed by atoms with Crippen molar-refractivity contribution in [1.82, 2.24) is 19.9 Å². The summed E-state index contributed by atoms with van der Waals surface area (Å²) in [4.78, 5) is 16.7. The fourth-order valence-electron chi connectivity index (χ4n) is 4.57. The van der Waals surface area contributed by atoms with Crippen molar-refractivity contribution in [3.8, 4) is 5.75 Å². The van der Waals surface area contributed by atoms with Gasteiger partial charge in [0.1, 0.15) is 35.7 Å². The molecule has 1 unspecified atom stereocenters. The predicted octanol–water partition coefficient (Wildman–Crippen LogP) is 5.82. The molecule has 0 saturated carbocycles. The number of aromatic amines is 2. The molecule has 6 aromatic rings. The number of imidazole rings is 2. The molecule has 1 atom stereocenters. The molecular formula is C30H25FN6O. The molecule has 2 heterocycles. The third-order valence-corrected chi connectivity index (χ3v) is 6.54. The van der Waals surface area contributed by atoms with Gasteiger partial charge in [-0.1, -0.05) is 36.4 Å². The van der Waals surface area contributed by atoms with Gasteiger partial charge in [-0.05, 0) is 72.1 Å². The first-order valence-electron chi connectivity index (χ1n) is 12.3. The molecule has 8 heteroatoms. The maximum atomic E-state index is 13.2. The number of nitrogen functional groups attached to an aromatic ring is 1. The van der Waals surface area contributed by atoms with Gasteiger partial charge in [0, 0.05) is 5.56 Å². The summed E-state index contributed by atoms with van der Waals surface area (Å²) in [6.45, 7) is 0.346. The summed E-state index contributed by atoms with van der Waals surface area (Å²) in [5, 5.41) is 7.77. The number of fused-ring (bicyclic) bond motifs is 2. The Kier molecular flexibility index (Phi) is 6.05. The van der Waals surface area contributed by atoms with Gasteiger partial charge in [-0.2, -0.15) is 0 Å². The molecule has 0 saturated heterocycles. The van der Waals surface area contributed by atoms with Crippen LogP contribution in [-0.2, 0) is 13.0 Å². The Morgan fingerprint density at radius 2 is 1.55 bits per heavy atom. The Labute approximate surface area is 218 Å². The molecule has 0 aliphatic heterocycles. The molecule has 0 spiro atoms. The first kappa shape index (κ1) is 23.4. The molecule has 0 fully saturated rings. The number of aromatic nitrogens is 4. The van der Waals surface area contributed by atoms with Crippen LogP contribution in [-0.4, -0.2) is 25.8 Å². The standard InChI is InChI=1S/C30H25FN6O/c31-21-11-8-18(9-12-21)17-38-22-5-3-4-19(14-22)15-23(29-34-24-6-1-2-7-25(24)35-29)30-36-26-13-10-20(28(32)33)16-27(26)37-30/h1-14,16,23H,15,17H2,(H3,32,33)(H,34,35)(H,36,37). The van der Waals surface area contributed by atoms with E-state index in [2.05, 4.69) is 16.0 Å². The Bertz CT molecular complexity index is 1720. The zero-order valence-corrected chi connectivity index (χ0v) is 20.4. The lowest BCUT2D eigenvalue weighted by atomic mass is 9.97. The normalized spacial score (nSPS) is 12.1. The van der Waals surface area contributed by atoms with E-state index in [4.69, 9.17) is 25.8 Å². The second-order valence-electron chi connectivity index (χ2n) is 9.23. The van der Waals surface area contributed by atoms with Gasteiger partial charge in [-0.25, -0.2) is 14.4 Å². The molecule has 0 bridgehead atoms. The van der Waals surface area contributed by atoms with Gasteiger partial charge in [-0.3, -0.25) is 5.41 Å². The molecular weight excluding hydrogens is 479 g/mol. The third-order valence-electron chi connectivity index (χ3n) is 6.54. The number of nitrogens with zero attached hydrogens (tertiary/aromatic N) is 2. The summed E-state index contributed by atoms with van der Waals surface area (Å²) in [5.41, 5.74) is 11.7. The minimum atomic E-state index is -0.268. The average Bonchev–Trinajstić information content (AvgIpc) is 3.55. The summed E-state index contributed by atoms with van der Waals surface area (Å²) in [7, 11) is 0. The highest BCUT2D eigenvalue weighted by Gasteiger charge is 2.23. The summed E-state index contributed by atoms with van der Waals surface area (Å²) in [6.07, 6.45) is 0.618. The molecule has 2 aromatic heterocycles. The molecule has 0 aliphatic rings. The summed E-state index contributed by atoms with van der Waals surface area (Å²) in [6, 6.07) is 27.7. The van der Waals surface area contributed by atoms with E-state index in [1.807, 2.05) is 54.6 Å². The molecule has 0 aliphatic carbocycles. The fourth-order valence-corrected chi connectivity index (χ4v) is 4.57. The number of hydrogen-bond donors (Lipinski definition) is 4. The second kappa shape index (κ2) is 9.82. The van der Waals surface area contributed by atoms with Gasteiger partial charge in [0.25, 0.3) is 0 Å². The largest absolute Gasteiger partial charge is 0.489 e. The molecule has 188 valence electrons. The first-order valence-corrected chi connectivity index (χ1v) is 12.3. The lowest BCUT2D eigenvalue weighted by Crippen LogP contribution is -2.10. The zero-order valence-electron chi connectivity index (χ0n) is 20.4. The SMILES string of the molecule is N=C(N)c1ccc2nc(C(Cc3cccc(OCc4ccc(F)cc4)c3)c3nc4ccccc4[nH]3)[nH]c2c1. The highest BCUT2D eigenvalue weighted by molar-refractivity contribution is 5.98. The number of halogens is 1. The van der Waals surface area contributed by atoms with Crippen LogP contribution in [0.3, 0.4) is 0 Å². The van der Waals surface area contributed by atoms with Gasteiger partial charge in [0.05, 0.1) is 28.0 Å². The number of rotatable bonds is 8. The second-order valence-corrected chi connectivity index (χ2v) is 9.23. The fraction of sp³-hybridized carbons (Fsp3) is 0.100. The lowest BCUT2D eigenvalue weighted by Gasteiger charge is -2.14. The van der Waals surface area contributed by atoms with Crippen molar-refractivity contribution in [3.05, 3.63) is 125 Å². The van der Waals surface area contributed by atoms with Gasteiger partial charge in [0.2, 0.25) is 0 Å². The number of para-hydroxylation sites is 2. The maximum Gasteiger partial charge on any atom is 0.123 e. The molecule has 0 radical (unpaired) electrons. The van der Waals surface area contributed by atoms with Crippen molar-refractivity contribution in [2.24, 2.45) is 5.73 Å². The van der Waals surface area contributed by atoms with Gasteiger partial charge in [-0.15, -0.1) is 0 Å². The summed E-state index contributed by atoms with van der Waals surface area (Å²) < 4.78 is 19.2. The average molecular weight is 505 g/mol. The van der Waals surface area contributed by atoms with Crippen LogP contribution in [0.1, 0.15) is 34.3 Å². The maximum absolute atomic E-state index is 13.2. The highest BCUT2D eigenvalue weighted by Crippen LogP contribution is 2.30. The van der Waals surface area contributed by atoms with Crippen LogP contribution in [0.2, 0.25) is 0 Å². The first-order chi connectivity index (χ1) is 18.5. The third kappa shape index (κ3) is 4.84. The van der Waals surface area contributed by atoms with Crippen molar-refractivity contribution < 1.29 is 9.13 Å². The zero-order chi connectivity index (χ0) is 26.1. The van der Waals surface area contributed by atoms with Gasteiger partial charge >= 0.3 is 0 Å². The van der Waals surface area contributed by atoms with E-state index in [-0.39, 0.29) is 17.6 Å². The van der Waals surface area contributed by atoms with E-state index in [1.54, 1.807) is 18.2 Å². The minimum Gasteiger partial charge on any atom is -0.489 e. The van der Waals surface area contributed by atoms with Crippen molar-refractivity contribution in [2.75, 3.05) is 0 Å². The molecule has 4 aromatic carbocycles. The van der Waals surface area contributed by atoms with Crippen LogP contribution < -0.4 is 10.5 Å². The lowest BCUT2D eigenvalue weighted by molar-refractivity contribution is 0.305. The van der Waals surface area contributed by atoms with Crippen LogP contribution in [0, 0.1) is 11.2 Å². The molecule has 6 rings (SSSR count). The Balaban J connectivity index is 1.33. The number of nitrogens with one attached hydrogen (secondary N) is 3. The number of nitrogens with two attached hydrogens (primary N) is 1. The van der Waals surface area contributed by atoms with Crippen LogP contribution in [0.25, 0.3) is 22.1 Å².